The third-order valence-electron chi connectivity index (χ3n) is 7.96. The van der Waals surface area contributed by atoms with Crippen molar-refractivity contribution in [2.75, 3.05) is 44.9 Å². The van der Waals surface area contributed by atoms with Gasteiger partial charge in [-0.25, -0.2) is 19.1 Å². The molecule has 1 aromatic carbocycles. The van der Waals surface area contributed by atoms with Gasteiger partial charge in [0.2, 0.25) is 5.91 Å². The van der Waals surface area contributed by atoms with E-state index in [1.165, 1.54) is 24.1 Å². The van der Waals surface area contributed by atoms with E-state index < -0.39 is 53.9 Å². The van der Waals surface area contributed by atoms with Crippen LogP contribution < -0.4 is 20.3 Å². The van der Waals surface area contributed by atoms with Gasteiger partial charge in [-0.15, -0.1) is 0 Å². The zero-order valence-electron chi connectivity index (χ0n) is 25.1. The van der Waals surface area contributed by atoms with Gasteiger partial charge in [-0.2, -0.15) is 0 Å². The second kappa shape index (κ2) is 10.7. The highest BCUT2D eigenvalue weighted by atomic mass is 19.1. The van der Waals surface area contributed by atoms with Crippen molar-refractivity contribution in [3.05, 3.63) is 53.0 Å². The molecule has 0 aliphatic carbocycles. The molecule has 15 heteroatoms. The third kappa shape index (κ3) is 5.07. The van der Waals surface area contributed by atoms with Gasteiger partial charge in [0, 0.05) is 25.7 Å². The minimum absolute atomic E-state index is 0.0386. The molecule has 1 atom stereocenters. The minimum atomic E-state index is -1.98. The van der Waals surface area contributed by atoms with Crippen molar-refractivity contribution in [1.82, 2.24) is 25.4 Å². The lowest BCUT2D eigenvalue weighted by Crippen LogP contribution is -2.52. The van der Waals surface area contributed by atoms with Gasteiger partial charge in [0.1, 0.15) is 17.1 Å². The lowest BCUT2D eigenvalue weighted by atomic mass is 9.95. The highest BCUT2D eigenvalue weighted by molar-refractivity contribution is 6.08. The topological polar surface area (TPSA) is 164 Å². The van der Waals surface area contributed by atoms with Crippen molar-refractivity contribution in [1.29, 1.82) is 0 Å². The van der Waals surface area contributed by atoms with Crippen LogP contribution in [-0.2, 0) is 31.2 Å². The summed E-state index contributed by atoms with van der Waals surface area (Å²) >= 11 is 0. The summed E-state index contributed by atoms with van der Waals surface area (Å²) in [4.78, 5) is 73.7. The molecule has 2 aromatic heterocycles. The predicted octanol–water partition coefficient (Wildman–Crippen LogP) is 1.86. The van der Waals surface area contributed by atoms with E-state index in [4.69, 9.17) is 13.9 Å². The highest BCUT2D eigenvalue weighted by Gasteiger charge is 2.57. The maximum Gasteiger partial charge on any atom is 0.328 e. The molecule has 5 heterocycles. The van der Waals surface area contributed by atoms with Gasteiger partial charge in [-0.05, 0) is 44.5 Å². The standard InChI is InChI=1S/C30H31FN6O8/c1-29(2,3)27(41)44-15-37-26(40)30(34-28(37)42,14-36-12-16-5-6-19(43-4)24(31)23(16)25(36)39)20-11-17-18(45-20)7-8-21(33-17)35-10-9-32-22(38)13-35/h5-8,11H,9-10,12-15H2,1-4H3,(H,32,38)(H,34,42)/t30-/m0/s1. The van der Waals surface area contributed by atoms with Crippen LogP contribution in [0.1, 0.15) is 42.5 Å². The van der Waals surface area contributed by atoms with E-state index in [1.807, 2.05) is 0 Å². The van der Waals surface area contributed by atoms with Gasteiger partial charge in [0.15, 0.2) is 29.4 Å². The number of pyridine rings is 1. The second-order valence-corrected chi connectivity index (χ2v) is 12.1. The predicted molar refractivity (Wildman–Crippen MR) is 154 cm³/mol. The summed E-state index contributed by atoms with van der Waals surface area (Å²) in [6, 6.07) is 6.86. The van der Waals surface area contributed by atoms with Crippen LogP contribution in [0, 0.1) is 11.2 Å². The molecule has 2 saturated heterocycles. The Kier molecular flexibility index (Phi) is 7.13. The second-order valence-electron chi connectivity index (χ2n) is 12.1. The van der Waals surface area contributed by atoms with Crippen molar-refractivity contribution in [3.63, 3.8) is 0 Å². The van der Waals surface area contributed by atoms with Crippen LogP contribution >= 0.6 is 0 Å². The van der Waals surface area contributed by atoms with E-state index in [0.29, 0.717) is 30.0 Å². The van der Waals surface area contributed by atoms with Gasteiger partial charge in [-0.3, -0.25) is 19.2 Å². The number of piperazine rings is 1. The third-order valence-corrected chi connectivity index (χ3v) is 7.96. The number of ether oxygens (including phenoxy) is 2. The number of nitrogens with one attached hydrogen (secondary N) is 2. The largest absolute Gasteiger partial charge is 0.494 e. The maximum absolute atomic E-state index is 15.1. The molecule has 0 bridgehead atoms. The number of rotatable bonds is 7. The number of benzene rings is 1. The van der Waals surface area contributed by atoms with Crippen molar-refractivity contribution in [3.8, 4) is 5.75 Å². The first-order chi connectivity index (χ1) is 21.3. The Morgan fingerprint density at radius 2 is 1.91 bits per heavy atom. The van der Waals surface area contributed by atoms with E-state index in [0.717, 1.165) is 4.90 Å². The number of amides is 5. The number of methoxy groups -OCH3 is 1. The molecule has 2 fully saturated rings. The molecular formula is C30H31FN6O8. The van der Waals surface area contributed by atoms with Crippen molar-refractivity contribution in [2.45, 2.75) is 32.9 Å². The first-order valence-corrected chi connectivity index (χ1v) is 14.2. The van der Waals surface area contributed by atoms with Crippen LogP contribution in [0.5, 0.6) is 5.75 Å². The minimum Gasteiger partial charge on any atom is -0.494 e. The van der Waals surface area contributed by atoms with Crippen LogP contribution in [0.4, 0.5) is 15.0 Å². The number of aromatic nitrogens is 1. The number of fused-ring (bicyclic) bond motifs is 2. The Morgan fingerprint density at radius 1 is 1.13 bits per heavy atom. The lowest BCUT2D eigenvalue weighted by Gasteiger charge is -2.29. The summed E-state index contributed by atoms with van der Waals surface area (Å²) < 4.78 is 31.5. The van der Waals surface area contributed by atoms with Gasteiger partial charge >= 0.3 is 12.0 Å². The molecule has 45 heavy (non-hydrogen) atoms. The van der Waals surface area contributed by atoms with Gasteiger partial charge in [0.25, 0.3) is 11.8 Å². The monoisotopic (exact) mass is 622 g/mol. The molecular weight excluding hydrogens is 591 g/mol. The van der Waals surface area contributed by atoms with Gasteiger partial charge < -0.3 is 34.3 Å². The average molecular weight is 623 g/mol. The number of hydrogen-bond donors (Lipinski definition) is 2. The summed E-state index contributed by atoms with van der Waals surface area (Å²) in [5.41, 5.74) is -2.08. The zero-order chi connectivity index (χ0) is 32.3. The summed E-state index contributed by atoms with van der Waals surface area (Å²) in [6.45, 7) is 4.81. The molecule has 0 saturated carbocycles. The lowest BCUT2D eigenvalue weighted by molar-refractivity contribution is -0.158. The Bertz CT molecular complexity index is 1770. The molecule has 6 rings (SSSR count). The molecule has 0 unspecified atom stereocenters. The molecule has 0 spiro atoms. The zero-order valence-corrected chi connectivity index (χ0v) is 25.1. The van der Waals surface area contributed by atoms with E-state index in [2.05, 4.69) is 15.6 Å². The molecule has 3 aliphatic heterocycles. The van der Waals surface area contributed by atoms with Crippen LogP contribution in [-0.4, -0.2) is 84.5 Å². The van der Waals surface area contributed by atoms with Gasteiger partial charge in [-0.1, -0.05) is 6.07 Å². The Hall–Kier alpha value is -5.21. The number of nitrogens with zero attached hydrogens (tertiary/aromatic N) is 4. The Balaban J connectivity index is 1.37. The molecule has 5 amide bonds. The fraction of sp³-hybridized carbons (Fsp3) is 0.400. The number of urea groups is 1. The first-order valence-electron chi connectivity index (χ1n) is 14.2. The van der Waals surface area contributed by atoms with E-state index in [1.54, 1.807) is 43.9 Å². The molecule has 3 aromatic rings. The molecule has 3 aliphatic rings. The average Bonchev–Trinajstić information content (AvgIpc) is 3.63. The fourth-order valence-corrected chi connectivity index (χ4v) is 5.54. The van der Waals surface area contributed by atoms with Crippen LogP contribution in [0.2, 0.25) is 0 Å². The molecule has 14 nitrogen and oxygen atoms in total. The number of carbonyl (C=O) groups is 5. The first kappa shape index (κ1) is 29.8. The van der Waals surface area contributed by atoms with Crippen molar-refractivity contribution in [2.24, 2.45) is 5.41 Å². The highest BCUT2D eigenvalue weighted by Crippen LogP contribution is 2.38. The molecule has 236 valence electrons. The van der Waals surface area contributed by atoms with E-state index in [9.17, 15) is 24.0 Å². The number of imide groups is 1. The normalized spacial score (nSPS) is 20.1. The number of anilines is 1. The maximum atomic E-state index is 15.1. The smallest absolute Gasteiger partial charge is 0.328 e. The summed E-state index contributed by atoms with van der Waals surface area (Å²) in [6.07, 6.45) is 0. The number of esters is 1. The quantitative estimate of drug-likeness (QED) is 0.294. The fourth-order valence-electron chi connectivity index (χ4n) is 5.54. The van der Waals surface area contributed by atoms with Crippen LogP contribution in [0.25, 0.3) is 11.1 Å². The number of hydrogen-bond acceptors (Lipinski definition) is 10. The van der Waals surface area contributed by atoms with Gasteiger partial charge in [0.05, 0.1) is 31.2 Å². The molecule has 2 N–H and O–H groups in total. The SMILES string of the molecule is COc1ccc2c(c1F)C(=O)N(C[C@@]1(c3cc4nc(N5CCNC(=O)C5)ccc4o3)NC(=O)N(COC(=O)C(C)(C)C)C1=O)C2. The Labute approximate surface area is 256 Å². The summed E-state index contributed by atoms with van der Waals surface area (Å²) in [7, 11) is 1.28. The Morgan fingerprint density at radius 3 is 2.62 bits per heavy atom. The number of furan rings is 1. The summed E-state index contributed by atoms with van der Waals surface area (Å²) in [5, 5.41) is 5.41. The number of carbonyl (C=O) groups excluding carboxylic acids is 5. The van der Waals surface area contributed by atoms with E-state index >= 15 is 4.39 Å². The summed E-state index contributed by atoms with van der Waals surface area (Å²) in [5.74, 6) is -2.81. The molecule has 0 radical (unpaired) electrons. The number of halogens is 1. The van der Waals surface area contributed by atoms with Crippen LogP contribution in [0.3, 0.4) is 0 Å². The van der Waals surface area contributed by atoms with Crippen LogP contribution in [0.15, 0.2) is 34.7 Å². The van der Waals surface area contributed by atoms with E-state index in [-0.39, 0.29) is 41.7 Å². The van der Waals surface area contributed by atoms with Crippen molar-refractivity contribution < 1.29 is 42.3 Å². The van der Waals surface area contributed by atoms with Crippen molar-refractivity contribution >= 4 is 46.6 Å².